The number of ether oxygens (including phenoxy) is 2. The molecule has 0 radical (unpaired) electrons. The molecule has 0 aliphatic heterocycles. The van der Waals surface area contributed by atoms with E-state index < -0.39 is 28.2 Å². The first-order chi connectivity index (χ1) is 13.8. The lowest BCUT2D eigenvalue weighted by Gasteiger charge is -2.33. The summed E-state index contributed by atoms with van der Waals surface area (Å²) in [6.45, 7) is 10.0. The van der Waals surface area contributed by atoms with Crippen LogP contribution in [0.5, 0.6) is 6.01 Å². The van der Waals surface area contributed by atoms with Crippen LogP contribution in [0.1, 0.15) is 41.5 Å². The fourth-order valence-electron chi connectivity index (χ4n) is 2.36. The Kier molecular flexibility index (Phi) is 6.39. The molecule has 0 saturated carbocycles. The number of rotatable bonds is 3. The standard InChI is InChI=1S/C20H24N4O6/c1-19(2,3)23(18(26)30-20(4,5)6)17(25)29-16-21-12-11-15(22-16)13-7-9-14(10-8-13)24(27)28/h7-12H,1-6H3. The molecular weight excluding hydrogens is 392 g/mol. The van der Waals surface area contributed by atoms with Crippen molar-refractivity contribution < 1.29 is 24.0 Å². The molecule has 160 valence electrons. The predicted molar refractivity (Wildman–Crippen MR) is 108 cm³/mol. The number of nitrogens with zero attached hydrogens (tertiary/aromatic N) is 4. The van der Waals surface area contributed by atoms with Crippen LogP contribution in [0.25, 0.3) is 11.3 Å². The van der Waals surface area contributed by atoms with Crippen molar-refractivity contribution in [2.45, 2.75) is 52.7 Å². The number of aromatic nitrogens is 2. The van der Waals surface area contributed by atoms with Crippen LogP contribution >= 0.6 is 0 Å². The van der Waals surface area contributed by atoms with E-state index in [0.29, 0.717) is 11.3 Å². The van der Waals surface area contributed by atoms with Gasteiger partial charge in [0.25, 0.3) is 5.69 Å². The third-order valence-electron chi connectivity index (χ3n) is 3.62. The molecule has 10 heteroatoms. The number of carbonyl (C=O) groups excluding carboxylic acids is 2. The van der Waals surface area contributed by atoms with Crippen LogP contribution in [0.2, 0.25) is 0 Å². The van der Waals surface area contributed by atoms with Gasteiger partial charge in [-0.3, -0.25) is 10.1 Å². The molecule has 1 aromatic carbocycles. The zero-order chi connectivity index (χ0) is 22.7. The second kappa shape index (κ2) is 8.44. The van der Waals surface area contributed by atoms with Gasteiger partial charge in [-0.2, -0.15) is 4.98 Å². The van der Waals surface area contributed by atoms with Gasteiger partial charge in [-0.25, -0.2) is 19.5 Å². The van der Waals surface area contributed by atoms with Crippen molar-refractivity contribution in [2.24, 2.45) is 0 Å². The molecule has 2 amide bonds. The molecule has 0 unspecified atom stereocenters. The average Bonchev–Trinajstić information content (AvgIpc) is 2.59. The van der Waals surface area contributed by atoms with E-state index in [1.54, 1.807) is 47.6 Å². The van der Waals surface area contributed by atoms with E-state index in [1.165, 1.54) is 30.5 Å². The number of hydrogen-bond donors (Lipinski definition) is 0. The smallest absolute Gasteiger partial charge is 0.427 e. The molecule has 0 fully saturated rings. The molecule has 10 nitrogen and oxygen atoms in total. The molecule has 1 aromatic heterocycles. The van der Waals surface area contributed by atoms with Gasteiger partial charge in [0.05, 0.1) is 10.6 Å². The largest absolute Gasteiger partial charge is 0.443 e. The fourth-order valence-corrected chi connectivity index (χ4v) is 2.36. The lowest BCUT2D eigenvalue weighted by atomic mass is 10.1. The predicted octanol–water partition coefficient (Wildman–Crippen LogP) is 4.59. The summed E-state index contributed by atoms with van der Waals surface area (Å²) in [6, 6.07) is 7.02. The van der Waals surface area contributed by atoms with Crippen LogP contribution in [0.15, 0.2) is 36.5 Å². The summed E-state index contributed by atoms with van der Waals surface area (Å²) in [5.41, 5.74) is -0.817. The van der Waals surface area contributed by atoms with Gasteiger partial charge in [0.2, 0.25) is 0 Å². The van der Waals surface area contributed by atoms with Gasteiger partial charge in [0, 0.05) is 29.4 Å². The monoisotopic (exact) mass is 416 g/mol. The van der Waals surface area contributed by atoms with Crippen LogP contribution in [0, 0.1) is 10.1 Å². The molecule has 30 heavy (non-hydrogen) atoms. The SMILES string of the molecule is CC(C)(C)OC(=O)N(C(=O)Oc1nccc(-c2ccc([N+](=O)[O-])cc2)n1)C(C)(C)C. The molecule has 0 aliphatic carbocycles. The van der Waals surface area contributed by atoms with E-state index in [0.717, 1.165) is 4.90 Å². The zero-order valence-corrected chi connectivity index (χ0v) is 17.7. The Labute approximate surface area is 174 Å². The van der Waals surface area contributed by atoms with Crippen molar-refractivity contribution in [3.05, 3.63) is 46.6 Å². The quantitative estimate of drug-likeness (QED) is 0.525. The maximum atomic E-state index is 12.7. The minimum absolute atomic E-state index is 0.0577. The minimum atomic E-state index is -0.988. The summed E-state index contributed by atoms with van der Waals surface area (Å²) >= 11 is 0. The summed E-state index contributed by atoms with van der Waals surface area (Å²) in [7, 11) is 0. The van der Waals surface area contributed by atoms with Gasteiger partial charge in [0.1, 0.15) is 5.60 Å². The fraction of sp³-hybridized carbons (Fsp3) is 0.400. The van der Waals surface area contributed by atoms with Crippen LogP contribution in [0.3, 0.4) is 0 Å². The maximum absolute atomic E-state index is 12.7. The van der Waals surface area contributed by atoms with E-state index in [1.807, 2.05) is 0 Å². The highest BCUT2D eigenvalue weighted by Gasteiger charge is 2.37. The second-order valence-electron chi connectivity index (χ2n) is 8.38. The summed E-state index contributed by atoms with van der Waals surface area (Å²) in [5, 5.41) is 10.8. The summed E-state index contributed by atoms with van der Waals surface area (Å²) in [4.78, 5) is 44.4. The van der Waals surface area contributed by atoms with Gasteiger partial charge < -0.3 is 9.47 Å². The van der Waals surface area contributed by atoms with Gasteiger partial charge >= 0.3 is 18.2 Å². The highest BCUT2D eigenvalue weighted by atomic mass is 16.6. The van der Waals surface area contributed by atoms with E-state index in [2.05, 4.69) is 9.97 Å². The van der Waals surface area contributed by atoms with Crippen molar-refractivity contribution in [1.29, 1.82) is 0 Å². The molecule has 1 heterocycles. The first-order valence-electron chi connectivity index (χ1n) is 9.11. The lowest BCUT2D eigenvalue weighted by Crippen LogP contribution is -2.52. The molecule has 0 bridgehead atoms. The number of hydrogen-bond acceptors (Lipinski definition) is 8. The van der Waals surface area contributed by atoms with E-state index >= 15 is 0 Å². The van der Waals surface area contributed by atoms with Crippen LogP contribution in [-0.4, -0.2) is 43.1 Å². The molecule has 0 atom stereocenters. The molecule has 0 aliphatic rings. The van der Waals surface area contributed by atoms with Gasteiger partial charge in [0.15, 0.2) is 0 Å². The molecule has 0 N–H and O–H groups in total. The first-order valence-corrected chi connectivity index (χ1v) is 9.11. The molecule has 0 spiro atoms. The lowest BCUT2D eigenvalue weighted by molar-refractivity contribution is -0.384. The maximum Gasteiger partial charge on any atom is 0.427 e. The molecule has 0 saturated heterocycles. The van der Waals surface area contributed by atoms with E-state index in [4.69, 9.17) is 9.47 Å². The Hall–Kier alpha value is -3.56. The molecular formula is C20H24N4O6. The Bertz CT molecular complexity index is 945. The van der Waals surface area contributed by atoms with Crippen molar-refractivity contribution in [1.82, 2.24) is 14.9 Å². The van der Waals surface area contributed by atoms with Crippen LogP contribution in [-0.2, 0) is 4.74 Å². The highest BCUT2D eigenvalue weighted by molar-refractivity contribution is 5.89. The average molecular weight is 416 g/mol. The van der Waals surface area contributed by atoms with Crippen molar-refractivity contribution in [3.8, 4) is 17.3 Å². The van der Waals surface area contributed by atoms with Crippen molar-refractivity contribution >= 4 is 17.9 Å². The van der Waals surface area contributed by atoms with Crippen LogP contribution < -0.4 is 4.74 Å². The highest BCUT2D eigenvalue weighted by Crippen LogP contribution is 2.23. The molecule has 2 aromatic rings. The van der Waals surface area contributed by atoms with Gasteiger partial charge in [-0.1, -0.05) is 0 Å². The molecule has 2 rings (SSSR count). The normalized spacial score (nSPS) is 11.5. The first kappa shape index (κ1) is 22.7. The minimum Gasteiger partial charge on any atom is -0.443 e. The topological polar surface area (TPSA) is 125 Å². The van der Waals surface area contributed by atoms with E-state index in [9.17, 15) is 19.7 Å². The summed E-state index contributed by atoms with van der Waals surface area (Å²) < 4.78 is 10.5. The Morgan fingerprint density at radius 1 is 1.00 bits per heavy atom. The summed E-state index contributed by atoms with van der Waals surface area (Å²) in [5.74, 6) is 0. The third-order valence-corrected chi connectivity index (χ3v) is 3.62. The van der Waals surface area contributed by atoms with Gasteiger partial charge in [-0.15, -0.1) is 0 Å². The van der Waals surface area contributed by atoms with E-state index in [-0.39, 0.29) is 11.7 Å². The van der Waals surface area contributed by atoms with Crippen LogP contribution in [0.4, 0.5) is 15.3 Å². The van der Waals surface area contributed by atoms with Crippen molar-refractivity contribution in [3.63, 3.8) is 0 Å². The van der Waals surface area contributed by atoms with Crippen molar-refractivity contribution in [2.75, 3.05) is 0 Å². The zero-order valence-electron chi connectivity index (χ0n) is 17.7. The number of nitro benzene ring substituents is 1. The second-order valence-corrected chi connectivity index (χ2v) is 8.38. The Balaban J connectivity index is 2.25. The van der Waals surface area contributed by atoms with Gasteiger partial charge in [-0.05, 0) is 59.7 Å². The third kappa shape index (κ3) is 5.97. The number of imide groups is 1. The Morgan fingerprint density at radius 3 is 2.10 bits per heavy atom. The Morgan fingerprint density at radius 2 is 1.60 bits per heavy atom. The number of amides is 2. The number of nitro groups is 1. The summed E-state index contributed by atoms with van der Waals surface area (Å²) in [6.07, 6.45) is -0.467. The number of benzene rings is 1. The number of carbonyl (C=O) groups is 2. The number of non-ortho nitro benzene ring substituents is 1.